The quantitative estimate of drug-likeness (QED) is 0.913. The summed E-state index contributed by atoms with van der Waals surface area (Å²) < 4.78 is 5.39. The predicted molar refractivity (Wildman–Crippen MR) is 75.1 cm³/mol. The Kier molecular flexibility index (Phi) is 5.10. The number of hydrogen-bond donors (Lipinski definition) is 1. The van der Waals surface area contributed by atoms with Crippen LogP contribution >= 0.6 is 11.8 Å². The first kappa shape index (κ1) is 13.8. The van der Waals surface area contributed by atoms with E-state index in [1.807, 2.05) is 17.8 Å². The smallest absolute Gasteiger partial charge is 0.258 e. The van der Waals surface area contributed by atoms with E-state index in [9.17, 15) is 4.79 Å². The van der Waals surface area contributed by atoms with E-state index in [0.717, 1.165) is 24.3 Å². The van der Waals surface area contributed by atoms with Crippen LogP contribution in [0, 0.1) is 11.3 Å². The molecule has 0 saturated carbocycles. The normalized spacial score (nSPS) is 15.5. The van der Waals surface area contributed by atoms with Crippen LogP contribution in [0.1, 0.15) is 18.4 Å². The van der Waals surface area contributed by atoms with Gasteiger partial charge in [-0.05, 0) is 36.5 Å². The Bertz CT molecular complexity index is 479. The zero-order valence-electron chi connectivity index (χ0n) is 10.6. The maximum atomic E-state index is 11.8. The number of nitrogens with zero attached hydrogens (tertiary/aromatic N) is 1. The highest BCUT2D eigenvalue weighted by atomic mass is 32.2. The van der Waals surface area contributed by atoms with Crippen LogP contribution in [0.25, 0.3) is 0 Å². The van der Waals surface area contributed by atoms with Crippen molar-refractivity contribution >= 4 is 17.7 Å². The summed E-state index contributed by atoms with van der Waals surface area (Å²) in [6, 6.07) is 9.23. The average molecular weight is 276 g/mol. The van der Waals surface area contributed by atoms with Crippen LogP contribution in [-0.2, 0) is 4.79 Å². The van der Waals surface area contributed by atoms with Gasteiger partial charge >= 0.3 is 0 Å². The third kappa shape index (κ3) is 4.18. The molecule has 0 bridgehead atoms. The predicted octanol–water partition coefficient (Wildman–Crippen LogP) is 1.95. The van der Waals surface area contributed by atoms with E-state index < -0.39 is 0 Å². The maximum Gasteiger partial charge on any atom is 0.258 e. The molecule has 4 nitrogen and oxygen atoms in total. The minimum atomic E-state index is -0.121. The Balaban J connectivity index is 1.81. The summed E-state index contributed by atoms with van der Waals surface area (Å²) in [5, 5.41) is 11.9. The molecule has 0 unspecified atom stereocenters. The van der Waals surface area contributed by atoms with Crippen molar-refractivity contribution in [1.29, 1.82) is 5.26 Å². The number of para-hydroxylation sites is 1. The molecule has 0 spiro atoms. The number of carbonyl (C=O) groups excluding carboxylic acids is 1. The molecule has 100 valence electrons. The number of rotatable bonds is 4. The number of thioether (sulfide) groups is 1. The van der Waals surface area contributed by atoms with Gasteiger partial charge in [-0.15, -0.1) is 0 Å². The molecule has 1 aromatic carbocycles. The molecule has 1 heterocycles. The molecule has 1 aromatic rings. The van der Waals surface area contributed by atoms with Crippen LogP contribution < -0.4 is 10.1 Å². The molecule has 1 aliphatic rings. The molecular formula is C14H16N2O2S. The van der Waals surface area contributed by atoms with E-state index in [1.54, 1.807) is 24.3 Å². The van der Waals surface area contributed by atoms with Crippen molar-refractivity contribution in [3.63, 3.8) is 0 Å². The molecule has 0 aliphatic carbocycles. The molecule has 1 aliphatic heterocycles. The molecule has 0 aromatic heterocycles. The second kappa shape index (κ2) is 7.05. The van der Waals surface area contributed by atoms with Crippen LogP contribution in [0.2, 0.25) is 0 Å². The summed E-state index contributed by atoms with van der Waals surface area (Å²) in [4.78, 5) is 11.8. The van der Waals surface area contributed by atoms with Gasteiger partial charge in [-0.25, -0.2) is 0 Å². The molecule has 0 atom stereocenters. The molecule has 1 N–H and O–H groups in total. The minimum Gasteiger partial charge on any atom is -0.482 e. The van der Waals surface area contributed by atoms with E-state index in [4.69, 9.17) is 10.00 Å². The zero-order chi connectivity index (χ0) is 13.5. The van der Waals surface area contributed by atoms with Gasteiger partial charge in [0.25, 0.3) is 5.91 Å². The Morgan fingerprint density at radius 1 is 1.42 bits per heavy atom. The van der Waals surface area contributed by atoms with Crippen molar-refractivity contribution in [3.8, 4) is 11.8 Å². The Morgan fingerprint density at radius 3 is 2.89 bits per heavy atom. The van der Waals surface area contributed by atoms with Crippen LogP contribution in [0.5, 0.6) is 5.75 Å². The summed E-state index contributed by atoms with van der Waals surface area (Å²) in [6.07, 6.45) is 2.04. The molecule has 1 saturated heterocycles. The number of nitriles is 1. The van der Waals surface area contributed by atoms with Gasteiger partial charge in [0, 0.05) is 6.04 Å². The molecule has 2 rings (SSSR count). The van der Waals surface area contributed by atoms with Crippen LogP contribution in [0.4, 0.5) is 0 Å². The van der Waals surface area contributed by atoms with Crippen LogP contribution in [0.15, 0.2) is 24.3 Å². The Hall–Kier alpha value is -1.67. The molecular weight excluding hydrogens is 260 g/mol. The maximum absolute atomic E-state index is 11.8. The van der Waals surface area contributed by atoms with Crippen molar-refractivity contribution in [2.45, 2.75) is 18.9 Å². The lowest BCUT2D eigenvalue weighted by atomic mass is 10.1. The first-order valence-corrected chi connectivity index (χ1v) is 7.44. The standard InChI is InChI=1S/C14H16N2O2S/c15-9-11-3-1-2-4-13(11)18-10-14(17)16-12-5-7-19-8-6-12/h1-4,12H,5-8,10H2,(H,16,17). The van der Waals surface area contributed by atoms with Gasteiger partial charge in [-0.2, -0.15) is 17.0 Å². The first-order chi connectivity index (χ1) is 9.29. The summed E-state index contributed by atoms with van der Waals surface area (Å²) in [5.74, 6) is 2.54. The molecule has 0 radical (unpaired) electrons. The second-order valence-corrected chi connectivity index (χ2v) is 5.58. The minimum absolute atomic E-state index is 0.0393. The van der Waals surface area contributed by atoms with Crippen molar-refractivity contribution in [1.82, 2.24) is 5.32 Å². The highest BCUT2D eigenvalue weighted by Gasteiger charge is 2.16. The fourth-order valence-electron chi connectivity index (χ4n) is 1.94. The lowest BCUT2D eigenvalue weighted by Gasteiger charge is -2.22. The summed E-state index contributed by atoms with van der Waals surface area (Å²) >= 11 is 1.92. The first-order valence-electron chi connectivity index (χ1n) is 6.28. The summed E-state index contributed by atoms with van der Waals surface area (Å²) in [6.45, 7) is -0.0393. The van der Waals surface area contributed by atoms with Crippen molar-refractivity contribution in [2.75, 3.05) is 18.1 Å². The third-order valence-corrected chi connectivity index (χ3v) is 4.00. The number of nitrogens with one attached hydrogen (secondary N) is 1. The van der Waals surface area contributed by atoms with E-state index in [2.05, 4.69) is 5.32 Å². The molecule has 1 amide bonds. The lowest BCUT2D eigenvalue weighted by Crippen LogP contribution is -2.39. The van der Waals surface area contributed by atoms with Gasteiger partial charge in [0.1, 0.15) is 11.8 Å². The van der Waals surface area contributed by atoms with Gasteiger partial charge in [0.2, 0.25) is 0 Å². The Morgan fingerprint density at radius 2 is 2.16 bits per heavy atom. The zero-order valence-corrected chi connectivity index (χ0v) is 11.4. The average Bonchev–Trinajstić information content (AvgIpc) is 2.46. The van der Waals surface area contributed by atoms with Crippen LogP contribution in [0.3, 0.4) is 0 Å². The van der Waals surface area contributed by atoms with Gasteiger partial charge in [-0.1, -0.05) is 12.1 Å². The third-order valence-electron chi connectivity index (χ3n) is 2.95. The van der Waals surface area contributed by atoms with E-state index in [-0.39, 0.29) is 18.6 Å². The SMILES string of the molecule is N#Cc1ccccc1OCC(=O)NC1CCSCC1. The van der Waals surface area contributed by atoms with Crippen molar-refractivity contribution in [3.05, 3.63) is 29.8 Å². The number of amides is 1. The largest absolute Gasteiger partial charge is 0.482 e. The molecule has 19 heavy (non-hydrogen) atoms. The lowest BCUT2D eigenvalue weighted by molar-refractivity contribution is -0.123. The molecule has 1 fully saturated rings. The topological polar surface area (TPSA) is 62.1 Å². The van der Waals surface area contributed by atoms with Gasteiger partial charge in [-0.3, -0.25) is 4.79 Å². The van der Waals surface area contributed by atoms with E-state index in [1.165, 1.54) is 0 Å². The highest BCUT2D eigenvalue weighted by molar-refractivity contribution is 7.99. The van der Waals surface area contributed by atoms with Gasteiger partial charge in [0.05, 0.1) is 5.56 Å². The van der Waals surface area contributed by atoms with Crippen molar-refractivity contribution in [2.24, 2.45) is 0 Å². The van der Waals surface area contributed by atoms with Gasteiger partial charge < -0.3 is 10.1 Å². The fraction of sp³-hybridized carbons (Fsp3) is 0.429. The molecule has 5 heteroatoms. The summed E-state index contributed by atoms with van der Waals surface area (Å²) in [7, 11) is 0. The number of hydrogen-bond acceptors (Lipinski definition) is 4. The monoisotopic (exact) mass is 276 g/mol. The van der Waals surface area contributed by atoms with E-state index in [0.29, 0.717) is 11.3 Å². The van der Waals surface area contributed by atoms with Gasteiger partial charge in [0.15, 0.2) is 6.61 Å². The van der Waals surface area contributed by atoms with E-state index >= 15 is 0 Å². The summed E-state index contributed by atoms with van der Waals surface area (Å²) in [5.41, 5.74) is 0.448. The number of ether oxygens (including phenoxy) is 1. The fourth-order valence-corrected chi connectivity index (χ4v) is 3.05. The van der Waals surface area contributed by atoms with Crippen LogP contribution in [-0.4, -0.2) is 30.1 Å². The highest BCUT2D eigenvalue weighted by Crippen LogP contribution is 2.18. The number of carbonyl (C=O) groups is 1. The second-order valence-electron chi connectivity index (χ2n) is 4.35. The Labute approximate surface area is 117 Å². The number of benzene rings is 1. The van der Waals surface area contributed by atoms with Crippen molar-refractivity contribution < 1.29 is 9.53 Å².